The number of aromatic nitrogens is 3. The van der Waals surface area contributed by atoms with Crippen molar-refractivity contribution < 1.29 is 0 Å². The highest BCUT2D eigenvalue weighted by Crippen LogP contribution is 2.25. The van der Waals surface area contributed by atoms with Crippen molar-refractivity contribution in [3.63, 3.8) is 0 Å². The number of nitrogens with zero attached hydrogens (tertiary/aromatic N) is 4. The van der Waals surface area contributed by atoms with Gasteiger partial charge in [0.15, 0.2) is 0 Å². The Kier molecular flexibility index (Phi) is 4.57. The summed E-state index contributed by atoms with van der Waals surface area (Å²) in [7, 11) is 0. The van der Waals surface area contributed by atoms with Gasteiger partial charge in [-0.1, -0.05) is 30.3 Å². The monoisotopic (exact) mass is 396 g/mol. The first-order valence-electron chi connectivity index (χ1n) is 8.65. The minimum absolute atomic E-state index is 0.835. The molecular formula is C20H21BrN4. The Morgan fingerprint density at radius 2 is 1.96 bits per heavy atom. The predicted molar refractivity (Wildman–Crippen MR) is 104 cm³/mol. The number of hydrogen-bond acceptors (Lipinski definition) is 3. The van der Waals surface area contributed by atoms with E-state index >= 15 is 0 Å². The number of anilines is 1. The lowest BCUT2D eigenvalue weighted by molar-refractivity contribution is 0.622. The van der Waals surface area contributed by atoms with Gasteiger partial charge in [0, 0.05) is 29.7 Å². The molecule has 0 N–H and O–H groups in total. The van der Waals surface area contributed by atoms with Gasteiger partial charge in [-0.2, -0.15) is 0 Å². The fraction of sp³-hybridized carbons (Fsp3) is 0.300. The lowest BCUT2D eigenvalue weighted by atomic mass is 10.1. The molecule has 0 saturated heterocycles. The van der Waals surface area contributed by atoms with Gasteiger partial charge >= 0.3 is 0 Å². The topological polar surface area (TPSA) is 34.0 Å². The van der Waals surface area contributed by atoms with E-state index in [4.69, 9.17) is 4.98 Å². The average Bonchev–Trinajstić information content (AvgIpc) is 3.05. The number of aryl methyl sites for hydroxylation is 3. The molecule has 1 aliphatic heterocycles. The van der Waals surface area contributed by atoms with E-state index in [1.165, 1.54) is 17.0 Å². The van der Waals surface area contributed by atoms with Gasteiger partial charge in [0.1, 0.15) is 5.82 Å². The Balaban J connectivity index is 1.47. The van der Waals surface area contributed by atoms with Gasteiger partial charge < -0.3 is 9.47 Å². The minimum atomic E-state index is 0.835. The van der Waals surface area contributed by atoms with Gasteiger partial charge in [0.2, 0.25) is 0 Å². The Hall–Kier alpha value is -2.14. The summed E-state index contributed by atoms with van der Waals surface area (Å²) in [6.45, 7) is 4.84. The maximum absolute atomic E-state index is 4.70. The van der Waals surface area contributed by atoms with E-state index in [1.54, 1.807) is 0 Å². The van der Waals surface area contributed by atoms with Crippen LogP contribution in [0.5, 0.6) is 0 Å². The third-order valence-corrected chi connectivity index (χ3v) is 5.64. The van der Waals surface area contributed by atoms with E-state index in [9.17, 15) is 0 Å². The van der Waals surface area contributed by atoms with Crippen molar-refractivity contribution in [1.29, 1.82) is 0 Å². The Labute approximate surface area is 156 Å². The van der Waals surface area contributed by atoms with E-state index in [0.29, 0.717) is 0 Å². The second-order valence-electron chi connectivity index (χ2n) is 6.48. The third kappa shape index (κ3) is 3.47. The molecule has 0 unspecified atom stereocenters. The zero-order valence-corrected chi connectivity index (χ0v) is 15.9. The van der Waals surface area contributed by atoms with Gasteiger partial charge in [-0.25, -0.2) is 9.97 Å². The van der Waals surface area contributed by atoms with Crippen molar-refractivity contribution >= 4 is 21.7 Å². The summed E-state index contributed by atoms with van der Waals surface area (Å²) in [5, 5.41) is 0. The Morgan fingerprint density at radius 3 is 2.76 bits per heavy atom. The molecule has 0 aliphatic carbocycles. The number of rotatable bonds is 4. The Bertz CT molecular complexity index is 873. The summed E-state index contributed by atoms with van der Waals surface area (Å²) in [5.41, 5.74) is 4.95. The van der Waals surface area contributed by atoms with Crippen LogP contribution in [0, 0.1) is 6.92 Å². The number of pyridine rings is 1. The summed E-state index contributed by atoms with van der Waals surface area (Å²) in [6.07, 6.45) is 4.05. The number of halogens is 1. The molecular weight excluding hydrogens is 376 g/mol. The normalized spacial score (nSPS) is 13.8. The molecule has 0 bridgehead atoms. The van der Waals surface area contributed by atoms with Gasteiger partial charge in [0.25, 0.3) is 0 Å². The van der Waals surface area contributed by atoms with E-state index < -0.39 is 0 Å². The van der Waals surface area contributed by atoms with Crippen LogP contribution in [0.2, 0.25) is 0 Å². The molecule has 4 rings (SSSR count). The zero-order chi connectivity index (χ0) is 17.2. The van der Waals surface area contributed by atoms with E-state index in [2.05, 4.69) is 72.8 Å². The Morgan fingerprint density at radius 1 is 1.12 bits per heavy atom. The van der Waals surface area contributed by atoms with Crippen molar-refractivity contribution in [3.05, 3.63) is 75.9 Å². The quantitative estimate of drug-likeness (QED) is 0.663. The van der Waals surface area contributed by atoms with Crippen LogP contribution >= 0.6 is 15.9 Å². The van der Waals surface area contributed by atoms with Crippen molar-refractivity contribution in [2.45, 2.75) is 32.9 Å². The summed E-state index contributed by atoms with van der Waals surface area (Å²) in [4.78, 5) is 11.7. The van der Waals surface area contributed by atoms with Crippen LogP contribution in [0.1, 0.15) is 22.6 Å². The highest BCUT2D eigenvalue weighted by molar-refractivity contribution is 9.10. The largest absolute Gasteiger partial charge is 0.350 e. The minimum Gasteiger partial charge on any atom is -0.350 e. The molecule has 3 heterocycles. The molecule has 0 atom stereocenters. The molecule has 0 saturated carbocycles. The van der Waals surface area contributed by atoms with Crippen molar-refractivity contribution in [2.24, 2.45) is 0 Å². The fourth-order valence-corrected chi connectivity index (χ4v) is 3.58. The lowest BCUT2D eigenvalue weighted by Gasteiger charge is -2.28. The van der Waals surface area contributed by atoms with Crippen LogP contribution in [0.15, 0.2) is 53.3 Å². The van der Waals surface area contributed by atoms with Gasteiger partial charge in [0.05, 0.1) is 24.3 Å². The predicted octanol–water partition coefficient (Wildman–Crippen LogP) is 4.15. The molecule has 128 valence electrons. The highest BCUT2D eigenvalue weighted by Gasteiger charge is 2.22. The van der Waals surface area contributed by atoms with E-state index in [-0.39, 0.29) is 0 Å². The van der Waals surface area contributed by atoms with Gasteiger partial charge in [-0.05, 0) is 47.0 Å². The zero-order valence-electron chi connectivity index (χ0n) is 14.3. The molecule has 1 aliphatic rings. The second-order valence-corrected chi connectivity index (χ2v) is 7.33. The first-order valence-corrected chi connectivity index (χ1v) is 9.45. The molecule has 3 aromatic rings. The maximum atomic E-state index is 4.70. The summed E-state index contributed by atoms with van der Waals surface area (Å²) >= 11 is 3.52. The first kappa shape index (κ1) is 16.3. The first-order chi connectivity index (χ1) is 12.2. The maximum Gasteiger partial charge on any atom is 0.129 e. The summed E-state index contributed by atoms with van der Waals surface area (Å²) in [6, 6.07) is 14.8. The van der Waals surface area contributed by atoms with Crippen molar-refractivity contribution in [2.75, 3.05) is 11.4 Å². The molecule has 4 nitrogen and oxygen atoms in total. The molecule has 5 heteroatoms. The van der Waals surface area contributed by atoms with E-state index in [1.807, 2.05) is 13.3 Å². The highest BCUT2D eigenvalue weighted by atomic mass is 79.9. The standard InChI is InChI=1S/C20H21BrN4/c1-15-17(21)7-8-20(23-15)24-12-10-19-18(13-24)22-14-25(19)11-9-16-5-3-2-4-6-16/h2-8,14H,9-13H2,1H3. The van der Waals surface area contributed by atoms with Gasteiger partial charge in [-0.15, -0.1) is 0 Å². The lowest BCUT2D eigenvalue weighted by Crippen LogP contribution is -2.32. The van der Waals surface area contributed by atoms with Crippen LogP contribution < -0.4 is 4.90 Å². The van der Waals surface area contributed by atoms with Crippen LogP contribution in [0.4, 0.5) is 5.82 Å². The van der Waals surface area contributed by atoms with Crippen molar-refractivity contribution in [1.82, 2.24) is 14.5 Å². The van der Waals surface area contributed by atoms with Gasteiger partial charge in [-0.3, -0.25) is 0 Å². The SMILES string of the molecule is Cc1nc(N2CCc3c(ncn3CCc3ccccc3)C2)ccc1Br. The van der Waals surface area contributed by atoms with Crippen molar-refractivity contribution in [3.8, 4) is 0 Å². The number of imidazole rings is 1. The molecule has 0 radical (unpaired) electrons. The van der Waals surface area contributed by atoms with Crippen LogP contribution in [0.3, 0.4) is 0 Å². The molecule has 25 heavy (non-hydrogen) atoms. The molecule has 1 aromatic carbocycles. The third-order valence-electron chi connectivity index (χ3n) is 4.81. The van der Waals surface area contributed by atoms with Crippen LogP contribution in [-0.2, 0) is 25.9 Å². The second kappa shape index (κ2) is 7.00. The smallest absolute Gasteiger partial charge is 0.129 e. The average molecular weight is 397 g/mol. The van der Waals surface area contributed by atoms with E-state index in [0.717, 1.165) is 48.5 Å². The molecule has 0 amide bonds. The number of benzene rings is 1. The number of hydrogen-bond donors (Lipinski definition) is 0. The number of fused-ring (bicyclic) bond motifs is 1. The summed E-state index contributed by atoms with van der Waals surface area (Å²) < 4.78 is 3.37. The van der Waals surface area contributed by atoms with Crippen LogP contribution in [0.25, 0.3) is 0 Å². The summed E-state index contributed by atoms with van der Waals surface area (Å²) in [5.74, 6) is 1.03. The van der Waals surface area contributed by atoms with Crippen LogP contribution in [-0.4, -0.2) is 21.1 Å². The molecule has 0 fully saturated rings. The molecule has 0 spiro atoms. The fourth-order valence-electron chi connectivity index (χ4n) is 3.36. The molecule has 2 aromatic heterocycles.